The monoisotopic (exact) mass is 300 g/mol. The number of rotatable bonds is 4. The predicted octanol–water partition coefficient (Wildman–Crippen LogP) is 3.18. The van der Waals surface area contributed by atoms with E-state index in [-0.39, 0.29) is 5.75 Å². The molecule has 3 rings (SSSR count). The quantitative estimate of drug-likeness (QED) is 0.692. The molecule has 0 saturated heterocycles. The van der Waals surface area contributed by atoms with Crippen LogP contribution >= 0.6 is 0 Å². The summed E-state index contributed by atoms with van der Waals surface area (Å²) >= 11 is -2.57. The van der Waals surface area contributed by atoms with E-state index in [1.54, 1.807) is 30.5 Å². The van der Waals surface area contributed by atoms with E-state index < -0.39 is 11.4 Å². The van der Waals surface area contributed by atoms with Gasteiger partial charge >= 0.3 is 0 Å². The summed E-state index contributed by atoms with van der Waals surface area (Å²) in [5.41, 5.74) is 1.68. The third-order valence-electron chi connectivity index (χ3n) is 2.83. The summed E-state index contributed by atoms with van der Waals surface area (Å²) in [6.45, 7) is 0. The topological polar surface area (TPSA) is 75.4 Å². The summed E-state index contributed by atoms with van der Waals surface area (Å²) < 4.78 is 31.1. The van der Waals surface area contributed by atoms with Crippen molar-refractivity contribution in [2.75, 3.05) is 0 Å². The standard InChI is InChI=1S/C15H11NO4S/c17-21(18)20-13-8-6-11(7-9-13)14-10-16-15(19-14)12-4-2-1-3-5-12/h1-10H,(H,17,18)/p-1. The van der Waals surface area contributed by atoms with Crippen molar-refractivity contribution in [2.45, 2.75) is 0 Å². The predicted molar refractivity (Wildman–Crippen MR) is 76.9 cm³/mol. The van der Waals surface area contributed by atoms with E-state index in [1.165, 1.54) is 0 Å². The van der Waals surface area contributed by atoms with Crippen LogP contribution in [0.1, 0.15) is 0 Å². The molecule has 0 bridgehead atoms. The Balaban J connectivity index is 1.85. The lowest BCUT2D eigenvalue weighted by Crippen LogP contribution is -1.97. The molecule has 1 heterocycles. The molecule has 1 unspecified atom stereocenters. The van der Waals surface area contributed by atoms with Gasteiger partial charge in [0.2, 0.25) is 5.89 Å². The molecule has 1 aromatic heterocycles. The molecule has 0 aliphatic heterocycles. The second-order valence-corrected chi connectivity index (χ2v) is 4.78. The SMILES string of the molecule is O=S([O-])Oc1ccc(-c2cnc(-c3ccccc3)o2)cc1. The summed E-state index contributed by atoms with van der Waals surface area (Å²) in [6, 6.07) is 16.1. The van der Waals surface area contributed by atoms with Gasteiger partial charge in [0.15, 0.2) is 5.76 Å². The average Bonchev–Trinajstić information content (AvgIpc) is 2.98. The molecule has 3 aromatic rings. The minimum atomic E-state index is -2.57. The molecule has 0 aliphatic rings. The normalized spacial score (nSPS) is 12.0. The molecular formula is C15H10NO4S-. The number of aromatic nitrogens is 1. The van der Waals surface area contributed by atoms with Gasteiger partial charge < -0.3 is 13.2 Å². The highest BCUT2D eigenvalue weighted by molar-refractivity contribution is 7.74. The van der Waals surface area contributed by atoms with E-state index in [0.717, 1.165) is 11.1 Å². The van der Waals surface area contributed by atoms with Gasteiger partial charge in [-0.1, -0.05) is 18.2 Å². The number of hydrogen-bond donors (Lipinski definition) is 0. The summed E-state index contributed by atoms with van der Waals surface area (Å²) in [4.78, 5) is 4.24. The maximum atomic E-state index is 10.4. The van der Waals surface area contributed by atoms with Crippen LogP contribution in [0.3, 0.4) is 0 Å². The lowest BCUT2D eigenvalue weighted by molar-refractivity contribution is 0.440. The second kappa shape index (κ2) is 5.90. The Hall–Kier alpha value is -2.44. The van der Waals surface area contributed by atoms with Crippen molar-refractivity contribution in [2.24, 2.45) is 0 Å². The number of benzene rings is 2. The zero-order valence-electron chi connectivity index (χ0n) is 10.8. The van der Waals surface area contributed by atoms with Gasteiger partial charge in [0.1, 0.15) is 17.1 Å². The first-order valence-corrected chi connectivity index (χ1v) is 7.11. The van der Waals surface area contributed by atoms with Crippen molar-refractivity contribution in [1.29, 1.82) is 0 Å². The van der Waals surface area contributed by atoms with E-state index >= 15 is 0 Å². The van der Waals surface area contributed by atoms with Crippen molar-refractivity contribution in [3.05, 3.63) is 60.8 Å². The van der Waals surface area contributed by atoms with Gasteiger partial charge in [-0.05, 0) is 36.4 Å². The lowest BCUT2D eigenvalue weighted by atomic mass is 10.2. The maximum Gasteiger partial charge on any atom is 0.226 e. The van der Waals surface area contributed by atoms with Crippen LogP contribution in [-0.2, 0) is 11.4 Å². The van der Waals surface area contributed by atoms with Gasteiger partial charge in [-0.25, -0.2) is 9.19 Å². The van der Waals surface area contributed by atoms with Crippen LogP contribution in [0.5, 0.6) is 5.75 Å². The molecule has 0 fully saturated rings. The molecule has 1 atom stereocenters. The largest absolute Gasteiger partial charge is 0.740 e. The van der Waals surface area contributed by atoms with Gasteiger partial charge in [-0.2, -0.15) is 0 Å². The highest BCUT2D eigenvalue weighted by Gasteiger charge is 2.08. The summed E-state index contributed by atoms with van der Waals surface area (Å²) in [5, 5.41) is 0. The average molecular weight is 300 g/mol. The van der Waals surface area contributed by atoms with Crippen LogP contribution in [0.2, 0.25) is 0 Å². The van der Waals surface area contributed by atoms with Gasteiger partial charge in [0.05, 0.1) is 6.20 Å². The Kier molecular flexibility index (Phi) is 3.81. The van der Waals surface area contributed by atoms with E-state index in [1.807, 2.05) is 30.3 Å². The van der Waals surface area contributed by atoms with Gasteiger partial charge in [0, 0.05) is 11.1 Å². The lowest BCUT2D eigenvalue weighted by Gasteiger charge is -2.06. The first-order chi connectivity index (χ1) is 10.2. The second-order valence-electron chi connectivity index (χ2n) is 4.21. The number of oxazole rings is 1. The number of nitrogens with zero attached hydrogens (tertiary/aromatic N) is 1. The van der Waals surface area contributed by atoms with Crippen LogP contribution in [0, 0.1) is 0 Å². The minimum Gasteiger partial charge on any atom is -0.740 e. The third kappa shape index (κ3) is 3.18. The fourth-order valence-electron chi connectivity index (χ4n) is 1.88. The van der Waals surface area contributed by atoms with E-state index in [0.29, 0.717) is 11.7 Å². The highest BCUT2D eigenvalue weighted by atomic mass is 32.2. The molecule has 0 saturated carbocycles. The highest BCUT2D eigenvalue weighted by Crippen LogP contribution is 2.27. The molecule has 5 nitrogen and oxygen atoms in total. The Bertz CT molecular complexity index is 753. The Morgan fingerprint density at radius 2 is 1.71 bits per heavy atom. The van der Waals surface area contributed by atoms with Gasteiger partial charge in [-0.15, -0.1) is 0 Å². The Morgan fingerprint density at radius 3 is 2.38 bits per heavy atom. The molecule has 0 radical (unpaired) electrons. The van der Waals surface area contributed by atoms with E-state index in [4.69, 9.17) is 4.42 Å². The molecule has 21 heavy (non-hydrogen) atoms. The van der Waals surface area contributed by atoms with Gasteiger partial charge in [0.25, 0.3) is 0 Å². The summed E-state index contributed by atoms with van der Waals surface area (Å²) in [7, 11) is 0. The summed E-state index contributed by atoms with van der Waals surface area (Å²) in [6.07, 6.45) is 1.63. The fraction of sp³-hybridized carbons (Fsp3) is 0. The number of hydrogen-bond acceptors (Lipinski definition) is 5. The summed E-state index contributed by atoms with van der Waals surface area (Å²) in [5.74, 6) is 1.38. The molecule has 6 heteroatoms. The van der Waals surface area contributed by atoms with Crippen LogP contribution < -0.4 is 4.18 Å². The van der Waals surface area contributed by atoms with E-state index in [9.17, 15) is 8.76 Å². The third-order valence-corrected chi connectivity index (χ3v) is 3.16. The zero-order chi connectivity index (χ0) is 14.7. The fourth-order valence-corrected chi connectivity index (χ4v) is 2.14. The Morgan fingerprint density at radius 1 is 1.00 bits per heavy atom. The van der Waals surface area contributed by atoms with Crippen LogP contribution in [0.4, 0.5) is 0 Å². The molecule has 0 aliphatic carbocycles. The molecule has 0 spiro atoms. The smallest absolute Gasteiger partial charge is 0.226 e. The zero-order valence-corrected chi connectivity index (χ0v) is 11.6. The first kappa shape index (κ1) is 13.5. The maximum absolute atomic E-state index is 10.4. The first-order valence-electron chi connectivity index (χ1n) is 6.11. The van der Waals surface area contributed by atoms with Crippen molar-refractivity contribution in [3.63, 3.8) is 0 Å². The van der Waals surface area contributed by atoms with Crippen LogP contribution in [0.25, 0.3) is 22.8 Å². The van der Waals surface area contributed by atoms with Crippen molar-refractivity contribution < 1.29 is 17.4 Å². The minimum absolute atomic E-state index is 0.245. The van der Waals surface area contributed by atoms with Crippen molar-refractivity contribution in [3.8, 4) is 28.5 Å². The van der Waals surface area contributed by atoms with E-state index in [2.05, 4.69) is 9.17 Å². The molecule has 2 aromatic carbocycles. The molecule has 106 valence electrons. The van der Waals surface area contributed by atoms with Crippen LogP contribution in [0.15, 0.2) is 65.2 Å². The van der Waals surface area contributed by atoms with Crippen molar-refractivity contribution in [1.82, 2.24) is 4.98 Å². The van der Waals surface area contributed by atoms with Crippen LogP contribution in [-0.4, -0.2) is 13.7 Å². The molecule has 0 N–H and O–H groups in total. The molecule has 0 amide bonds. The van der Waals surface area contributed by atoms with Gasteiger partial charge in [-0.3, -0.25) is 0 Å². The molecular weight excluding hydrogens is 290 g/mol. The Labute approximate surface area is 123 Å². The van der Waals surface area contributed by atoms with Crippen molar-refractivity contribution >= 4 is 11.4 Å².